The summed E-state index contributed by atoms with van der Waals surface area (Å²) < 4.78 is 7.37. The first-order chi connectivity index (χ1) is 15.4. The Morgan fingerprint density at radius 1 is 0.969 bits per heavy atom. The molecule has 0 spiro atoms. The van der Waals surface area contributed by atoms with Gasteiger partial charge in [0, 0.05) is 0 Å². The van der Waals surface area contributed by atoms with Crippen LogP contribution >= 0.6 is 39.9 Å². The molecule has 1 aliphatic rings. The second kappa shape index (κ2) is 10.0. The number of benzene rings is 3. The number of halogens is 1. The van der Waals surface area contributed by atoms with Crippen LogP contribution in [0.15, 0.2) is 76.1 Å². The van der Waals surface area contributed by atoms with Gasteiger partial charge in [-0.2, -0.15) is 0 Å². The van der Waals surface area contributed by atoms with Gasteiger partial charge in [0.2, 0.25) is 0 Å². The summed E-state index contributed by atoms with van der Waals surface area (Å²) in [7, 11) is 0. The van der Waals surface area contributed by atoms with Crippen molar-refractivity contribution in [3.63, 3.8) is 0 Å². The van der Waals surface area contributed by atoms with Crippen LogP contribution in [0.5, 0.6) is 5.75 Å². The maximum atomic E-state index is 12.9. The van der Waals surface area contributed by atoms with Crippen LogP contribution < -0.4 is 4.74 Å². The Hall–Kier alpha value is -2.41. The summed E-state index contributed by atoms with van der Waals surface area (Å²) in [6.45, 7) is 5.09. The molecule has 1 amide bonds. The Kier molecular flexibility index (Phi) is 7.13. The molecule has 3 aromatic rings. The number of ether oxygens (including phenoxy) is 1. The van der Waals surface area contributed by atoms with Gasteiger partial charge >= 0.3 is 0 Å². The third-order valence-electron chi connectivity index (χ3n) is 5.10. The third kappa shape index (κ3) is 5.49. The van der Waals surface area contributed by atoms with Crippen molar-refractivity contribution in [1.29, 1.82) is 0 Å². The average molecular weight is 525 g/mol. The van der Waals surface area contributed by atoms with Crippen molar-refractivity contribution in [1.82, 2.24) is 4.90 Å². The lowest BCUT2D eigenvalue weighted by atomic mass is 10.1. The molecule has 0 aliphatic carbocycles. The van der Waals surface area contributed by atoms with Crippen molar-refractivity contribution in [3.05, 3.63) is 104 Å². The fraction of sp³-hybridized carbons (Fsp3) is 0.154. The monoisotopic (exact) mass is 523 g/mol. The Morgan fingerprint density at radius 2 is 1.59 bits per heavy atom. The Morgan fingerprint density at radius 3 is 2.22 bits per heavy atom. The van der Waals surface area contributed by atoms with E-state index in [2.05, 4.69) is 47.1 Å². The molecule has 1 fully saturated rings. The van der Waals surface area contributed by atoms with Gasteiger partial charge in [-0.1, -0.05) is 89.7 Å². The van der Waals surface area contributed by atoms with Gasteiger partial charge in [-0.05, 0) is 64.7 Å². The van der Waals surface area contributed by atoms with Crippen molar-refractivity contribution < 1.29 is 9.53 Å². The quantitative estimate of drug-likeness (QED) is 0.255. The van der Waals surface area contributed by atoms with Gasteiger partial charge in [-0.25, -0.2) is 0 Å². The predicted molar refractivity (Wildman–Crippen MR) is 140 cm³/mol. The molecule has 3 nitrogen and oxygen atoms in total. The molecular weight excluding hydrogens is 502 g/mol. The van der Waals surface area contributed by atoms with E-state index in [0.717, 1.165) is 26.9 Å². The summed E-state index contributed by atoms with van der Waals surface area (Å²) in [5.74, 6) is 0.700. The summed E-state index contributed by atoms with van der Waals surface area (Å²) in [4.78, 5) is 15.2. The lowest BCUT2D eigenvalue weighted by Crippen LogP contribution is -2.27. The number of rotatable bonds is 6. The lowest BCUT2D eigenvalue weighted by Gasteiger charge is -2.14. The summed E-state index contributed by atoms with van der Waals surface area (Å²) in [5, 5.41) is 0. The van der Waals surface area contributed by atoms with Gasteiger partial charge in [-0.3, -0.25) is 9.69 Å². The SMILES string of the molecule is Cc1ccc(COc2ccc(C=C3SC(=S)N(Cc4ccc(C)cc4)C3=O)cc2Br)cc1. The standard InChI is InChI=1S/C26H22BrNO2S2/c1-17-3-7-19(8-4-17)15-28-25(29)24(32-26(28)31)14-21-11-12-23(22(27)13-21)30-16-20-9-5-18(2)6-10-20/h3-14H,15-16H2,1-2H3. The highest BCUT2D eigenvalue weighted by Gasteiger charge is 2.32. The van der Waals surface area contributed by atoms with Crippen LogP contribution in [0.25, 0.3) is 6.08 Å². The highest BCUT2D eigenvalue weighted by atomic mass is 79.9. The van der Waals surface area contributed by atoms with Crippen molar-refractivity contribution in [2.24, 2.45) is 0 Å². The second-order valence-corrected chi connectivity index (χ2v) is 10.2. The highest BCUT2D eigenvalue weighted by molar-refractivity contribution is 9.10. The van der Waals surface area contributed by atoms with E-state index in [0.29, 0.717) is 22.4 Å². The van der Waals surface area contributed by atoms with Gasteiger partial charge in [0.25, 0.3) is 5.91 Å². The first-order valence-corrected chi connectivity index (χ1v) is 12.2. The number of hydrogen-bond acceptors (Lipinski definition) is 4. The molecule has 0 aromatic heterocycles. The van der Waals surface area contributed by atoms with Crippen molar-refractivity contribution >= 4 is 56.2 Å². The molecule has 0 N–H and O–H groups in total. The normalized spacial score (nSPS) is 15.0. The maximum absolute atomic E-state index is 12.9. The molecule has 0 bridgehead atoms. The molecule has 1 aliphatic heterocycles. The number of amides is 1. The number of carbonyl (C=O) groups is 1. The number of nitrogens with zero attached hydrogens (tertiary/aromatic N) is 1. The first-order valence-electron chi connectivity index (χ1n) is 10.2. The minimum atomic E-state index is -0.0589. The van der Waals surface area contributed by atoms with E-state index in [1.807, 2.05) is 55.5 Å². The number of hydrogen-bond donors (Lipinski definition) is 0. The zero-order chi connectivity index (χ0) is 22.7. The Bertz CT molecular complexity index is 1190. The Labute approximate surface area is 206 Å². The van der Waals surface area contributed by atoms with E-state index in [1.54, 1.807) is 4.90 Å². The van der Waals surface area contributed by atoms with Crippen molar-refractivity contribution in [3.8, 4) is 5.75 Å². The number of thiocarbonyl (C=S) groups is 1. The van der Waals surface area contributed by atoms with Gasteiger partial charge in [0.05, 0.1) is 15.9 Å². The van der Waals surface area contributed by atoms with Crippen LogP contribution in [-0.2, 0) is 17.9 Å². The number of carbonyl (C=O) groups excluding carboxylic acids is 1. The van der Waals surface area contributed by atoms with E-state index in [1.165, 1.54) is 22.9 Å². The molecule has 3 aromatic carbocycles. The molecule has 0 radical (unpaired) electrons. The largest absolute Gasteiger partial charge is 0.488 e. The molecule has 0 unspecified atom stereocenters. The van der Waals surface area contributed by atoms with E-state index in [9.17, 15) is 4.79 Å². The van der Waals surface area contributed by atoms with Crippen LogP contribution in [0.3, 0.4) is 0 Å². The molecule has 0 saturated carbocycles. The van der Waals surface area contributed by atoms with Crippen LogP contribution in [0.4, 0.5) is 0 Å². The molecular formula is C26H22BrNO2S2. The first kappa shape index (κ1) is 22.8. The maximum Gasteiger partial charge on any atom is 0.266 e. The zero-order valence-electron chi connectivity index (χ0n) is 17.8. The van der Waals surface area contributed by atoms with E-state index < -0.39 is 0 Å². The highest BCUT2D eigenvalue weighted by Crippen LogP contribution is 2.35. The van der Waals surface area contributed by atoms with Gasteiger partial charge in [0.1, 0.15) is 16.7 Å². The fourth-order valence-electron chi connectivity index (χ4n) is 3.23. The minimum Gasteiger partial charge on any atom is -0.488 e. The number of aryl methyl sites for hydroxylation is 2. The fourth-order valence-corrected chi connectivity index (χ4v) is 5.00. The molecule has 4 rings (SSSR count). The van der Waals surface area contributed by atoms with Crippen LogP contribution in [0.1, 0.15) is 27.8 Å². The molecule has 0 atom stereocenters. The minimum absolute atomic E-state index is 0.0589. The molecule has 32 heavy (non-hydrogen) atoms. The van der Waals surface area contributed by atoms with E-state index >= 15 is 0 Å². The number of thioether (sulfide) groups is 1. The van der Waals surface area contributed by atoms with Gasteiger partial charge in [-0.15, -0.1) is 0 Å². The van der Waals surface area contributed by atoms with Crippen molar-refractivity contribution in [2.75, 3.05) is 0 Å². The van der Waals surface area contributed by atoms with E-state index in [-0.39, 0.29) is 5.91 Å². The summed E-state index contributed by atoms with van der Waals surface area (Å²) >= 11 is 10.4. The van der Waals surface area contributed by atoms with Crippen LogP contribution in [0, 0.1) is 13.8 Å². The predicted octanol–water partition coefficient (Wildman–Crippen LogP) is 7.05. The van der Waals surface area contributed by atoms with Crippen LogP contribution in [-0.4, -0.2) is 15.1 Å². The molecule has 162 valence electrons. The van der Waals surface area contributed by atoms with Crippen LogP contribution in [0.2, 0.25) is 0 Å². The molecule has 1 heterocycles. The molecule has 1 saturated heterocycles. The topological polar surface area (TPSA) is 29.5 Å². The summed E-state index contributed by atoms with van der Waals surface area (Å²) in [5.41, 5.74) is 5.50. The van der Waals surface area contributed by atoms with E-state index in [4.69, 9.17) is 17.0 Å². The van der Waals surface area contributed by atoms with Gasteiger partial charge < -0.3 is 4.74 Å². The smallest absolute Gasteiger partial charge is 0.266 e. The van der Waals surface area contributed by atoms with Gasteiger partial charge in [0.15, 0.2) is 0 Å². The second-order valence-electron chi connectivity index (χ2n) is 7.72. The zero-order valence-corrected chi connectivity index (χ0v) is 21.0. The summed E-state index contributed by atoms with van der Waals surface area (Å²) in [6, 6.07) is 22.2. The lowest BCUT2D eigenvalue weighted by molar-refractivity contribution is -0.122. The van der Waals surface area contributed by atoms with Crippen molar-refractivity contribution in [2.45, 2.75) is 27.0 Å². The average Bonchev–Trinajstić information content (AvgIpc) is 3.03. The third-order valence-corrected chi connectivity index (χ3v) is 7.10. The summed E-state index contributed by atoms with van der Waals surface area (Å²) in [6.07, 6.45) is 1.88. The Balaban J connectivity index is 1.44. The molecule has 6 heteroatoms.